The van der Waals surface area contributed by atoms with Crippen LogP contribution in [-0.4, -0.2) is 57.7 Å². The number of rotatable bonds is 4. The molecule has 0 aliphatic carbocycles. The normalized spacial score (nSPS) is 15.8. The maximum atomic E-state index is 15.4. The van der Waals surface area contributed by atoms with Gasteiger partial charge in [-0.25, -0.2) is 14.2 Å². The first kappa shape index (κ1) is 21.0. The van der Waals surface area contributed by atoms with Crippen molar-refractivity contribution in [1.29, 1.82) is 0 Å². The first-order chi connectivity index (χ1) is 15.1. The monoisotopic (exact) mass is 426 g/mol. The number of hydrogen-bond acceptors (Lipinski definition) is 5. The molecule has 1 fully saturated rings. The number of carbonyl (C=O) groups is 1. The van der Waals surface area contributed by atoms with Crippen molar-refractivity contribution < 1.29 is 18.7 Å². The molecule has 31 heavy (non-hydrogen) atoms. The topological polar surface area (TPSA) is 66.4 Å². The Kier molecular flexibility index (Phi) is 5.97. The summed E-state index contributed by atoms with van der Waals surface area (Å²) in [7, 11) is 4.43. The van der Waals surface area contributed by atoms with Crippen LogP contribution in [0.15, 0.2) is 35.4 Å². The van der Waals surface area contributed by atoms with Gasteiger partial charge in [0.25, 0.3) is 0 Å². The van der Waals surface area contributed by atoms with Gasteiger partial charge in [0, 0.05) is 42.5 Å². The summed E-state index contributed by atoms with van der Waals surface area (Å²) in [5.74, 6) is -0.149. The van der Waals surface area contributed by atoms with Crippen LogP contribution in [-0.2, 0) is 6.42 Å². The lowest BCUT2D eigenvalue weighted by Crippen LogP contribution is -2.35. The van der Waals surface area contributed by atoms with E-state index in [9.17, 15) is 4.79 Å². The summed E-state index contributed by atoms with van der Waals surface area (Å²) >= 11 is 0. The molecule has 0 saturated carbocycles. The van der Waals surface area contributed by atoms with E-state index in [1.807, 2.05) is 12.1 Å². The van der Waals surface area contributed by atoms with E-state index in [0.717, 1.165) is 24.3 Å². The van der Waals surface area contributed by atoms with Crippen LogP contribution >= 0.6 is 0 Å². The van der Waals surface area contributed by atoms with E-state index >= 15 is 4.39 Å². The van der Waals surface area contributed by atoms with E-state index in [-0.39, 0.29) is 24.1 Å². The van der Waals surface area contributed by atoms with Crippen molar-refractivity contribution in [1.82, 2.24) is 10.3 Å². The highest BCUT2D eigenvalue weighted by Crippen LogP contribution is 2.37. The number of amides is 2. The smallest absolute Gasteiger partial charge is 0.337 e. The molecule has 8 heteroatoms. The van der Waals surface area contributed by atoms with Gasteiger partial charge in [0.15, 0.2) is 17.3 Å². The summed E-state index contributed by atoms with van der Waals surface area (Å²) in [5, 5.41) is 8.55. The molecule has 2 heterocycles. The SMILES string of the molecule is CNC(=O)N1CCc2c(cc(OC)c(OC)c2F)C(c2ccc(N3CCCC3)cc2)=N1. The maximum absolute atomic E-state index is 15.4. The number of hydrazone groups is 1. The van der Waals surface area contributed by atoms with Crippen LogP contribution < -0.4 is 19.7 Å². The summed E-state index contributed by atoms with van der Waals surface area (Å²) in [4.78, 5) is 14.7. The van der Waals surface area contributed by atoms with Crippen molar-refractivity contribution in [3.8, 4) is 11.5 Å². The van der Waals surface area contributed by atoms with E-state index < -0.39 is 5.82 Å². The molecule has 0 spiro atoms. The van der Waals surface area contributed by atoms with Gasteiger partial charge >= 0.3 is 6.03 Å². The van der Waals surface area contributed by atoms with Gasteiger partial charge in [-0.2, -0.15) is 5.10 Å². The first-order valence-corrected chi connectivity index (χ1v) is 10.4. The Morgan fingerprint density at radius 2 is 1.81 bits per heavy atom. The number of urea groups is 1. The molecule has 4 rings (SSSR count). The molecule has 164 valence electrons. The molecular formula is C23H27FN4O3. The number of fused-ring (bicyclic) bond motifs is 1. The van der Waals surface area contributed by atoms with E-state index in [2.05, 4.69) is 27.5 Å². The second-order valence-corrected chi connectivity index (χ2v) is 7.57. The number of hydrogen-bond donors (Lipinski definition) is 1. The van der Waals surface area contributed by atoms with Crippen LogP contribution in [0.5, 0.6) is 11.5 Å². The highest BCUT2D eigenvalue weighted by molar-refractivity contribution is 6.14. The Morgan fingerprint density at radius 1 is 1.10 bits per heavy atom. The molecule has 1 N–H and O–H groups in total. The van der Waals surface area contributed by atoms with Gasteiger partial charge in [-0.15, -0.1) is 0 Å². The second-order valence-electron chi connectivity index (χ2n) is 7.57. The number of nitrogens with zero attached hydrogens (tertiary/aromatic N) is 3. The standard InChI is InChI=1S/C23H27FN4O3/c1-25-23(29)28-13-10-17-18(14-19(30-2)22(31-3)20(17)24)21(26-28)15-6-8-16(9-7-15)27-11-4-5-12-27/h6-9,14H,4-5,10-13H2,1-3H3,(H,25,29). The molecule has 2 aromatic rings. The van der Waals surface area contributed by atoms with Crippen molar-refractivity contribution >= 4 is 17.4 Å². The van der Waals surface area contributed by atoms with E-state index in [4.69, 9.17) is 9.47 Å². The van der Waals surface area contributed by atoms with Crippen molar-refractivity contribution in [2.24, 2.45) is 5.10 Å². The predicted octanol–water partition coefficient (Wildman–Crippen LogP) is 3.39. The fourth-order valence-electron chi connectivity index (χ4n) is 4.18. The zero-order chi connectivity index (χ0) is 22.0. The molecule has 0 unspecified atom stereocenters. The number of methoxy groups -OCH3 is 2. The Morgan fingerprint density at radius 3 is 2.42 bits per heavy atom. The fraction of sp³-hybridized carbons (Fsp3) is 0.391. The summed E-state index contributed by atoms with van der Waals surface area (Å²) < 4.78 is 26.0. The number of carbonyl (C=O) groups excluding carboxylic acids is 1. The van der Waals surface area contributed by atoms with Crippen LogP contribution in [0.4, 0.5) is 14.9 Å². The third kappa shape index (κ3) is 3.89. The largest absolute Gasteiger partial charge is 0.493 e. The van der Waals surface area contributed by atoms with Gasteiger partial charge in [-0.3, -0.25) is 0 Å². The molecule has 0 radical (unpaired) electrons. The molecule has 0 atom stereocenters. The van der Waals surface area contributed by atoms with Crippen molar-refractivity contribution in [2.75, 3.05) is 45.8 Å². The minimum atomic E-state index is -0.489. The quantitative estimate of drug-likeness (QED) is 0.814. The van der Waals surface area contributed by atoms with Gasteiger partial charge in [0.1, 0.15) is 0 Å². The number of nitrogens with one attached hydrogen (secondary N) is 1. The molecule has 0 aromatic heterocycles. The maximum Gasteiger partial charge on any atom is 0.337 e. The molecular weight excluding hydrogens is 399 g/mol. The van der Waals surface area contributed by atoms with Crippen LogP contribution in [0.2, 0.25) is 0 Å². The Bertz CT molecular complexity index is 1000. The van der Waals surface area contributed by atoms with E-state index in [1.54, 1.807) is 13.1 Å². The van der Waals surface area contributed by atoms with Gasteiger partial charge in [-0.05, 0) is 37.5 Å². The molecule has 2 aliphatic rings. The van der Waals surface area contributed by atoms with Crippen LogP contribution in [0.3, 0.4) is 0 Å². The molecule has 0 bridgehead atoms. The van der Waals surface area contributed by atoms with Gasteiger partial charge < -0.3 is 19.7 Å². The first-order valence-electron chi connectivity index (χ1n) is 10.4. The van der Waals surface area contributed by atoms with Crippen LogP contribution in [0.1, 0.15) is 29.5 Å². The number of ether oxygens (including phenoxy) is 2. The second kappa shape index (κ2) is 8.83. The summed E-state index contributed by atoms with van der Waals surface area (Å²) in [6.07, 6.45) is 2.70. The zero-order valence-electron chi connectivity index (χ0n) is 18.1. The fourth-order valence-corrected chi connectivity index (χ4v) is 4.18. The molecule has 2 aliphatic heterocycles. The Labute approximate surface area is 181 Å². The molecule has 1 saturated heterocycles. The lowest BCUT2D eigenvalue weighted by atomic mass is 9.94. The lowest BCUT2D eigenvalue weighted by Gasteiger charge is -2.19. The average molecular weight is 426 g/mol. The van der Waals surface area contributed by atoms with E-state index in [1.165, 1.54) is 32.1 Å². The molecule has 2 amide bonds. The van der Waals surface area contributed by atoms with Crippen molar-refractivity contribution in [2.45, 2.75) is 19.3 Å². The summed E-state index contributed by atoms with van der Waals surface area (Å²) in [6, 6.07) is 9.43. The number of benzene rings is 2. The lowest BCUT2D eigenvalue weighted by molar-refractivity contribution is 0.203. The minimum Gasteiger partial charge on any atom is -0.493 e. The zero-order valence-corrected chi connectivity index (χ0v) is 18.1. The third-order valence-electron chi connectivity index (χ3n) is 5.82. The average Bonchev–Trinajstić information content (AvgIpc) is 3.27. The highest BCUT2D eigenvalue weighted by Gasteiger charge is 2.28. The van der Waals surface area contributed by atoms with Crippen molar-refractivity contribution in [3.05, 3.63) is 52.8 Å². The van der Waals surface area contributed by atoms with Gasteiger partial charge in [0.05, 0.1) is 26.5 Å². The Balaban J connectivity index is 1.83. The number of anilines is 1. The number of halogens is 1. The molecule has 2 aromatic carbocycles. The van der Waals surface area contributed by atoms with E-state index in [0.29, 0.717) is 23.3 Å². The summed E-state index contributed by atoms with van der Waals surface area (Å²) in [5.41, 5.74) is 3.51. The van der Waals surface area contributed by atoms with Crippen molar-refractivity contribution in [3.63, 3.8) is 0 Å². The van der Waals surface area contributed by atoms with Gasteiger partial charge in [0.2, 0.25) is 0 Å². The predicted molar refractivity (Wildman–Crippen MR) is 118 cm³/mol. The van der Waals surface area contributed by atoms with Crippen LogP contribution in [0, 0.1) is 5.82 Å². The molecule has 7 nitrogen and oxygen atoms in total. The highest BCUT2D eigenvalue weighted by atomic mass is 19.1. The third-order valence-corrected chi connectivity index (χ3v) is 5.82. The van der Waals surface area contributed by atoms with Crippen LogP contribution in [0.25, 0.3) is 0 Å². The Hall–Kier alpha value is -3.29. The minimum absolute atomic E-state index is 0.0541. The van der Waals surface area contributed by atoms with Gasteiger partial charge in [-0.1, -0.05) is 12.1 Å². The summed E-state index contributed by atoms with van der Waals surface area (Å²) in [6.45, 7) is 2.35.